The van der Waals surface area contributed by atoms with Crippen LogP contribution in [-0.4, -0.2) is 21.9 Å². The van der Waals surface area contributed by atoms with Gasteiger partial charge in [0.1, 0.15) is 5.69 Å². The molecular weight excluding hydrogens is 352 g/mol. The molecule has 6 nitrogen and oxygen atoms in total. The summed E-state index contributed by atoms with van der Waals surface area (Å²) in [6, 6.07) is 12.4. The first kappa shape index (κ1) is 21.1. The summed E-state index contributed by atoms with van der Waals surface area (Å²) in [6.45, 7) is 5.99. The third kappa shape index (κ3) is 5.62. The summed E-state index contributed by atoms with van der Waals surface area (Å²) >= 11 is 0. The van der Waals surface area contributed by atoms with Crippen molar-refractivity contribution < 1.29 is 4.79 Å². The number of hydrogen-bond donors (Lipinski definition) is 3. The van der Waals surface area contributed by atoms with Crippen LogP contribution >= 0.6 is 0 Å². The number of H-pyrrole nitrogens is 1. The molecular formula is C22H26N4O2. The van der Waals surface area contributed by atoms with Gasteiger partial charge in [-0.3, -0.25) is 14.6 Å². The van der Waals surface area contributed by atoms with Crippen LogP contribution in [-0.2, 0) is 11.2 Å². The maximum atomic E-state index is 12.4. The number of benzene rings is 1. The van der Waals surface area contributed by atoms with Gasteiger partial charge in [-0.25, -0.2) is 0 Å². The lowest BCUT2D eigenvalue weighted by Crippen LogP contribution is -2.38. The summed E-state index contributed by atoms with van der Waals surface area (Å²) in [5, 5.41) is 2.63. The maximum Gasteiger partial charge on any atom is 0.271 e. The Labute approximate surface area is 164 Å². The first-order valence-corrected chi connectivity index (χ1v) is 9.28. The van der Waals surface area contributed by atoms with Gasteiger partial charge in [-0.05, 0) is 42.7 Å². The molecule has 28 heavy (non-hydrogen) atoms. The fourth-order valence-corrected chi connectivity index (χ4v) is 2.70. The Morgan fingerprint density at radius 3 is 2.54 bits per heavy atom. The molecule has 0 aliphatic heterocycles. The summed E-state index contributed by atoms with van der Waals surface area (Å²) in [4.78, 5) is 31.1. The first-order chi connectivity index (χ1) is 13.5. The molecule has 1 aromatic carbocycles. The van der Waals surface area contributed by atoms with Gasteiger partial charge < -0.3 is 16.0 Å². The summed E-state index contributed by atoms with van der Waals surface area (Å²) in [5.74, 6) is -0.399. The lowest BCUT2D eigenvalue weighted by atomic mass is 10.0. The zero-order valence-corrected chi connectivity index (χ0v) is 16.4. The highest BCUT2D eigenvalue weighted by atomic mass is 16.2. The minimum absolute atomic E-state index is 0.170. The molecule has 0 spiro atoms. The molecule has 1 amide bonds. The van der Waals surface area contributed by atoms with Crippen LogP contribution in [0.5, 0.6) is 0 Å². The number of hydrogen-bond acceptors (Lipinski definition) is 4. The third-order valence-electron chi connectivity index (χ3n) is 4.05. The third-order valence-corrected chi connectivity index (χ3v) is 4.05. The number of carbonyl (C=O) groups is 1. The Morgan fingerprint density at radius 2 is 1.86 bits per heavy atom. The van der Waals surface area contributed by atoms with Gasteiger partial charge in [0.15, 0.2) is 0 Å². The molecule has 0 saturated carbocycles. The minimum Gasteiger partial charge on any atom is -0.327 e. The zero-order valence-electron chi connectivity index (χ0n) is 16.4. The van der Waals surface area contributed by atoms with Crippen LogP contribution < -0.4 is 16.6 Å². The van der Waals surface area contributed by atoms with Crippen molar-refractivity contribution in [2.24, 2.45) is 5.73 Å². The van der Waals surface area contributed by atoms with Crippen LogP contribution in [0.15, 0.2) is 65.8 Å². The zero-order chi connectivity index (χ0) is 20.5. The van der Waals surface area contributed by atoms with E-state index in [0.29, 0.717) is 6.42 Å². The largest absolute Gasteiger partial charge is 0.327 e. The second-order valence-corrected chi connectivity index (χ2v) is 6.16. The maximum absolute atomic E-state index is 12.4. The number of aromatic nitrogens is 2. The molecule has 0 saturated heterocycles. The molecule has 0 radical (unpaired) electrons. The van der Waals surface area contributed by atoms with Gasteiger partial charge in [0, 0.05) is 24.2 Å². The summed E-state index contributed by atoms with van der Waals surface area (Å²) < 4.78 is 0. The number of rotatable bonds is 5. The number of nitrogens with zero attached hydrogens (tertiary/aromatic N) is 1. The molecule has 2 heterocycles. The van der Waals surface area contributed by atoms with Crippen molar-refractivity contribution in [2.75, 3.05) is 5.32 Å². The number of pyridine rings is 2. The van der Waals surface area contributed by atoms with Crippen LogP contribution in [0.2, 0.25) is 0 Å². The fraction of sp³-hybridized carbons (Fsp3) is 0.227. The number of anilines is 1. The Kier molecular flexibility index (Phi) is 7.65. The highest BCUT2D eigenvalue weighted by Crippen LogP contribution is 2.18. The SMILES string of the molecule is CC.Cc1cccc(CC(N)C(=O)Nc2cc(-c3ccncc3)c[nH]c2=O)c1. The van der Waals surface area contributed by atoms with E-state index in [2.05, 4.69) is 15.3 Å². The lowest BCUT2D eigenvalue weighted by molar-refractivity contribution is -0.117. The molecule has 0 bridgehead atoms. The molecule has 4 N–H and O–H groups in total. The monoisotopic (exact) mass is 378 g/mol. The van der Waals surface area contributed by atoms with Crippen LogP contribution in [0.3, 0.4) is 0 Å². The quantitative estimate of drug-likeness (QED) is 0.634. The van der Waals surface area contributed by atoms with Crippen LogP contribution in [0.4, 0.5) is 5.69 Å². The van der Waals surface area contributed by atoms with E-state index >= 15 is 0 Å². The number of amides is 1. The van der Waals surface area contributed by atoms with E-state index in [9.17, 15) is 9.59 Å². The van der Waals surface area contributed by atoms with Crippen molar-refractivity contribution in [2.45, 2.75) is 33.2 Å². The molecule has 0 fully saturated rings. The van der Waals surface area contributed by atoms with Crippen molar-refractivity contribution in [3.63, 3.8) is 0 Å². The van der Waals surface area contributed by atoms with Gasteiger partial charge in [0.2, 0.25) is 5.91 Å². The topological polar surface area (TPSA) is 101 Å². The number of aromatic amines is 1. The van der Waals surface area contributed by atoms with Crippen LogP contribution in [0.25, 0.3) is 11.1 Å². The molecule has 1 unspecified atom stereocenters. The van der Waals surface area contributed by atoms with Crippen molar-refractivity contribution in [3.05, 3.63) is 82.5 Å². The van der Waals surface area contributed by atoms with E-state index in [1.165, 1.54) is 0 Å². The van der Waals surface area contributed by atoms with E-state index in [1.807, 2.05) is 57.2 Å². The normalized spacial score (nSPS) is 11.1. The minimum atomic E-state index is -0.749. The number of nitrogens with two attached hydrogens (primary N) is 1. The summed E-state index contributed by atoms with van der Waals surface area (Å²) in [7, 11) is 0. The average molecular weight is 378 g/mol. The predicted octanol–water partition coefficient (Wildman–Crippen LogP) is 3.28. The Bertz CT molecular complexity index is 968. The van der Waals surface area contributed by atoms with E-state index in [1.54, 1.807) is 24.7 Å². The standard InChI is InChI=1S/C20H20N4O2.C2H6/c1-13-3-2-4-14(9-13)10-17(21)19(25)24-18-11-16(12-23-20(18)26)15-5-7-22-8-6-15;1-2/h2-9,11-12,17H,10,21H2,1H3,(H,23,26)(H,24,25);1-2H3. The van der Waals surface area contributed by atoms with Crippen molar-refractivity contribution >= 4 is 11.6 Å². The highest BCUT2D eigenvalue weighted by molar-refractivity contribution is 5.95. The van der Waals surface area contributed by atoms with Gasteiger partial charge in [0.25, 0.3) is 5.56 Å². The number of aryl methyl sites for hydroxylation is 1. The smallest absolute Gasteiger partial charge is 0.271 e. The van der Waals surface area contributed by atoms with Gasteiger partial charge in [-0.1, -0.05) is 43.7 Å². The van der Waals surface area contributed by atoms with E-state index in [4.69, 9.17) is 5.73 Å². The van der Waals surface area contributed by atoms with E-state index in [-0.39, 0.29) is 11.2 Å². The van der Waals surface area contributed by atoms with Gasteiger partial charge >= 0.3 is 0 Å². The number of nitrogens with one attached hydrogen (secondary N) is 2. The molecule has 6 heteroatoms. The Balaban J connectivity index is 0.00000136. The lowest BCUT2D eigenvalue weighted by Gasteiger charge is -2.13. The summed E-state index contributed by atoms with van der Waals surface area (Å²) in [6.07, 6.45) is 5.32. The molecule has 0 aliphatic rings. The second-order valence-electron chi connectivity index (χ2n) is 6.16. The van der Waals surface area contributed by atoms with E-state index < -0.39 is 11.9 Å². The van der Waals surface area contributed by atoms with Crippen LogP contribution in [0.1, 0.15) is 25.0 Å². The van der Waals surface area contributed by atoms with Gasteiger partial charge in [-0.15, -0.1) is 0 Å². The van der Waals surface area contributed by atoms with Crippen molar-refractivity contribution in [1.82, 2.24) is 9.97 Å². The first-order valence-electron chi connectivity index (χ1n) is 9.28. The average Bonchev–Trinajstić information content (AvgIpc) is 2.71. The second kappa shape index (κ2) is 10.2. The van der Waals surface area contributed by atoms with Crippen molar-refractivity contribution in [3.8, 4) is 11.1 Å². The summed E-state index contributed by atoms with van der Waals surface area (Å²) in [5.41, 5.74) is 9.55. The molecule has 3 rings (SSSR count). The Morgan fingerprint density at radius 1 is 1.14 bits per heavy atom. The van der Waals surface area contributed by atoms with Gasteiger partial charge in [-0.2, -0.15) is 0 Å². The molecule has 146 valence electrons. The van der Waals surface area contributed by atoms with Crippen molar-refractivity contribution in [1.29, 1.82) is 0 Å². The molecule has 2 aromatic heterocycles. The van der Waals surface area contributed by atoms with E-state index in [0.717, 1.165) is 22.3 Å². The Hall–Kier alpha value is -3.25. The molecule has 3 aromatic rings. The fourth-order valence-electron chi connectivity index (χ4n) is 2.70. The molecule has 0 aliphatic carbocycles. The van der Waals surface area contributed by atoms with Crippen LogP contribution in [0, 0.1) is 6.92 Å². The highest BCUT2D eigenvalue weighted by Gasteiger charge is 2.16. The number of carbonyl (C=O) groups excluding carboxylic acids is 1. The van der Waals surface area contributed by atoms with Gasteiger partial charge in [0.05, 0.1) is 6.04 Å². The molecule has 1 atom stereocenters. The predicted molar refractivity (Wildman–Crippen MR) is 113 cm³/mol.